The number of carbonyl (C=O) groups excluding carboxylic acids is 3. The zero-order chi connectivity index (χ0) is 24.7. The van der Waals surface area contributed by atoms with Gasteiger partial charge in [-0.3, -0.25) is 14.4 Å². The maximum atomic E-state index is 14.0. The van der Waals surface area contributed by atoms with Crippen LogP contribution in [0.25, 0.3) is 5.70 Å². The van der Waals surface area contributed by atoms with Gasteiger partial charge in [0.05, 0.1) is 37.3 Å². The van der Waals surface area contributed by atoms with E-state index in [4.69, 9.17) is 21.1 Å². The smallest absolute Gasteiger partial charge is 0.310 e. The fourth-order valence-corrected chi connectivity index (χ4v) is 4.50. The lowest BCUT2D eigenvalue weighted by atomic mass is 9.77. The number of hydrogen-bond donors (Lipinski definition) is 0. The van der Waals surface area contributed by atoms with Gasteiger partial charge in [-0.25, -0.2) is 0 Å². The van der Waals surface area contributed by atoms with Crippen LogP contribution in [0.3, 0.4) is 0 Å². The Morgan fingerprint density at radius 2 is 1.65 bits per heavy atom. The standard InChI is InChI=1S/C27H30ClNO5/c1-4-33-23(30)14-15-27(3)22(17-24(31)34-5-2)25(20-12-9-13-21(28)16-20)29(26(27)32)18-19-10-7-6-8-11-19/h6-13,16H,4-5,14-15,17-18H2,1-3H3. The summed E-state index contributed by atoms with van der Waals surface area (Å²) >= 11 is 6.30. The van der Waals surface area contributed by atoms with Gasteiger partial charge in [0.25, 0.3) is 0 Å². The molecule has 0 N–H and O–H groups in total. The normalized spacial score (nSPS) is 17.8. The molecule has 0 bridgehead atoms. The Morgan fingerprint density at radius 3 is 2.29 bits per heavy atom. The SMILES string of the molecule is CCOC(=O)CCC1(C)C(=O)N(Cc2ccccc2)C(c2cccc(Cl)c2)=C1CC(=O)OCC. The average Bonchev–Trinajstić information content (AvgIpc) is 3.01. The zero-order valence-electron chi connectivity index (χ0n) is 19.8. The molecule has 180 valence electrons. The molecule has 1 aliphatic rings. The number of carbonyl (C=O) groups is 3. The van der Waals surface area contributed by atoms with Crippen LogP contribution in [0, 0.1) is 5.41 Å². The van der Waals surface area contributed by atoms with Crippen LogP contribution in [0.2, 0.25) is 5.02 Å². The summed E-state index contributed by atoms with van der Waals surface area (Å²) in [6, 6.07) is 16.9. The third-order valence-corrected chi connectivity index (χ3v) is 6.22. The summed E-state index contributed by atoms with van der Waals surface area (Å²) in [5.41, 5.74) is 1.86. The van der Waals surface area contributed by atoms with Crippen LogP contribution in [-0.2, 0) is 30.4 Å². The second-order valence-electron chi connectivity index (χ2n) is 8.33. The quantitative estimate of drug-likeness (QED) is 0.423. The minimum atomic E-state index is -1.08. The van der Waals surface area contributed by atoms with Gasteiger partial charge < -0.3 is 14.4 Å². The molecule has 0 saturated carbocycles. The van der Waals surface area contributed by atoms with Gasteiger partial charge in [0, 0.05) is 11.4 Å². The van der Waals surface area contributed by atoms with Crippen LogP contribution >= 0.6 is 11.6 Å². The lowest BCUT2D eigenvalue weighted by molar-refractivity contribution is -0.144. The highest BCUT2D eigenvalue weighted by molar-refractivity contribution is 6.30. The van der Waals surface area contributed by atoms with E-state index >= 15 is 0 Å². The van der Waals surface area contributed by atoms with E-state index in [2.05, 4.69) is 0 Å². The number of benzene rings is 2. The summed E-state index contributed by atoms with van der Waals surface area (Å²) < 4.78 is 10.3. The van der Waals surface area contributed by atoms with Crippen molar-refractivity contribution in [3.63, 3.8) is 0 Å². The molecular formula is C27H30ClNO5. The number of hydrogen-bond acceptors (Lipinski definition) is 5. The van der Waals surface area contributed by atoms with Crippen molar-refractivity contribution in [2.45, 2.75) is 46.6 Å². The third-order valence-electron chi connectivity index (χ3n) is 5.98. The molecule has 2 aromatic carbocycles. The van der Waals surface area contributed by atoms with E-state index in [-0.39, 0.29) is 44.4 Å². The van der Waals surface area contributed by atoms with Crippen molar-refractivity contribution in [1.82, 2.24) is 4.90 Å². The van der Waals surface area contributed by atoms with E-state index in [9.17, 15) is 14.4 Å². The number of amides is 1. The lowest BCUT2D eigenvalue weighted by Crippen LogP contribution is -2.35. The van der Waals surface area contributed by atoms with Gasteiger partial charge in [-0.05, 0) is 56.0 Å². The van der Waals surface area contributed by atoms with Crippen LogP contribution in [0.15, 0.2) is 60.2 Å². The third kappa shape index (κ3) is 5.68. The molecule has 6 nitrogen and oxygen atoms in total. The van der Waals surface area contributed by atoms with Crippen molar-refractivity contribution in [2.75, 3.05) is 13.2 Å². The van der Waals surface area contributed by atoms with Crippen molar-refractivity contribution in [3.05, 3.63) is 76.3 Å². The van der Waals surface area contributed by atoms with Crippen LogP contribution in [0.1, 0.15) is 51.2 Å². The highest BCUT2D eigenvalue weighted by Gasteiger charge is 2.50. The molecule has 1 unspecified atom stereocenters. The fraction of sp³-hybridized carbons (Fsp3) is 0.370. The van der Waals surface area contributed by atoms with Crippen molar-refractivity contribution >= 4 is 35.1 Å². The average molecular weight is 484 g/mol. The van der Waals surface area contributed by atoms with Crippen molar-refractivity contribution in [2.24, 2.45) is 5.41 Å². The number of esters is 2. The largest absolute Gasteiger partial charge is 0.466 e. The van der Waals surface area contributed by atoms with Gasteiger partial charge in [0.15, 0.2) is 0 Å². The van der Waals surface area contributed by atoms with Gasteiger partial charge in [0.1, 0.15) is 0 Å². The Labute approximate surface area is 205 Å². The number of halogens is 1. The summed E-state index contributed by atoms with van der Waals surface area (Å²) in [5.74, 6) is -0.971. The first-order chi connectivity index (χ1) is 16.3. The predicted octanol–water partition coefficient (Wildman–Crippen LogP) is 5.40. The van der Waals surface area contributed by atoms with E-state index in [0.717, 1.165) is 11.1 Å². The topological polar surface area (TPSA) is 72.9 Å². The summed E-state index contributed by atoms with van der Waals surface area (Å²) in [4.78, 5) is 40.5. The van der Waals surface area contributed by atoms with Gasteiger partial charge in [-0.1, -0.05) is 54.1 Å². The van der Waals surface area contributed by atoms with Crippen molar-refractivity contribution in [3.8, 4) is 0 Å². The number of rotatable bonds is 10. The molecule has 7 heteroatoms. The van der Waals surface area contributed by atoms with E-state index in [1.165, 1.54) is 0 Å². The Balaban J connectivity index is 2.14. The molecule has 2 aromatic rings. The summed E-state index contributed by atoms with van der Waals surface area (Å²) in [6.07, 6.45) is 0.214. The zero-order valence-corrected chi connectivity index (χ0v) is 20.6. The second-order valence-corrected chi connectivity index (χ2v) is 8.77. The van der Waals surface area contributed by atoms with E-state index in [0.29, 0.717) is 22.8 Å². The van der Waals surface area contributed by atoms with Crippen LogP contribution in [0.5, 0.6) is 0 Å². The molecule has 34 heavy (non-hydrogen) atoms. The summed E-state index contributed by atoms with van der Waals surface area (Å²) in [7, 11) is 0. The van der Waals surface area contributed by atoms with Crippen LogP contribution < -0.4 is 0 Å². The molecule has 0 spiro atoms. The maximum Gasteiger partial charge on any atom is 0.310 e. The summed E-state index contributed by atoms with van der Waals surface area (Å²) in [5, 5.41) is 0.521. The first kappa shape index (κ1) is 25.5. The molecule has 0 aliphatic carbocycles. The van der Waals surface area contributed by atoms with Crippen molar-refractivity contribution in [1.29, 1.82) is 0 Å². The van der Waals surface area contributed by atoms with E-state index < -0.39 is 11.4 Å². The molecule has 1 amide bonds. The molecule has 0 radical (unpaired) electrons. The Kier molecular flexibility index (Phi) is 8.51. The van der Waals surface area contributed by atoms with Gasteiger partial charge in [0.2, 0.25) is 5.91 Å². The monoisotopic (exact) mass is 483 g/mol. The first-order valence-corrected chi connectivity index (χ1v) is 11.8. The molecule has 1 atom stereocenters. The molecule has 0 aromatic heterocycles. The minimum Gasteiger partial charge on any atom is -0.466 e. The number of nitrogens with zero attached hydrogens (tertiary/aromatic N) is 1. The molecule has 0 fully saturated rings. The number of ether oxygens (including phenoxy) is 2. The van der Waals surface area contributed by atoms with E-state index in [1.54, 1.807) is 37.8 Å². The Bertz CT molecular complexity index is 1080. The van der Waals surface area contributed by atoms with Gasteiger partial charge in [-0.15, -0.1) is 0 Å². The van der Waals surface area contributed by atoms with E-state index in [1.807, 2.05) is 42.5 Å². The highest BCUT2D eigenvalue weighted by Crippen LogP contribution is 2.49. The molecular weight excluding hydrogens is 454 g/mol. The van der Waals surface area contributed by atoms with Gasteiger partial charge >= 0.3 is 11.9 Å². The van der Waals surface area contributed by atoms with Gasteiger partial charge in [-0.2, -0.15) is 0 Å². The maximum absolute atomic E-state index is 14.0. The fourth-order valence-electron chi connectivity index (χ4n) is 4.31. The summed E-state index contributed by atoms with van der Waals surface area (Å²) in [6.45, 7) is 6.10. The first-order valence-electron chi connectivity index (χ1n) is 11.5. The lowest BCUT2D eigenvalue weighted by Gasteiger charge is -2.27. The molecule has 1 aliphatic heterocycles. The second kappa shape index (κ2) is 11.3. The van der Waals surface area contributed by atoms with Crippen LogP contribution in [-0.4, -0.2) is 36.0 Å². The molecule has 1 heterocycles. The van der Waals surface area contributed by atoms with Crippen molar-refractivity contribution < 1.29 is 23.9 Å². The minimum absolute atomic E-state index is 0.0599. The Morgan fingerprint density at radius 1 is 0.971 bits per heavy atom. The molecule has 3 rings (SSSR count). The highest BCUT2D eigenvalue weighted by atomic mass is 35.5. The predicted molar refractivity (Wildman–Crippen MR) is 131 cm³/mol. The van der Waals surface area contributed by atoms with Crippen LogP contribution in [0.4, 0.5) is 0 Å². The Hall–Kier alpha value is -3.12. The molecule has 0 saturated heterocycles.